The SMILES string of the molecule is CC1(C)OB(C2=CCC(COCc3ccccc3)(COCc3ccccc3)CC2)OC1(C)C. The zero-order chi connectivity index (χ0) is 23.4. The lowest BCUT2D eigenvalue weighted by Gasteiger charge is -2.36. The monoisotopic (exact) mass is 448 g/mol. The molecule has 4 nitrogen and oxygen atoms in total. The van der Waals surface area contributed by atoms with Crippen LogP contribution in [0.2, 0.25) is 0 Å². The Bertz CT molecular complexity index is 862. The third kappa shape index (κ3) is 5.96. The van der Waals surface area contributed by atoms with Crippen molar-refractivity contribution in [3.8, 4) is 0 Å². The van der Waals surface area contributed by atoms with Gasteiger partial charge in [0.2, 0.25) is 0 Å². The molecule has 4 rings (SSSR count). The van der Waals surface area contributed by atoms with E-state index in [0.29, 0.717) is 26.4 Å². The predicted molar refractivity (Wildman–Crippen MR) is 133 cm³/mol. The van der Waals surface area contributed by atoms with Crippen molar-refractivity contribution in [3.63, 3.8) is 0 Å². The average molecular weight is 448 g/mol. The van der Waals surface area contributed by atoms with Gasteiger partial charge in [-0.1, -0.05) is 66.7 Å². The smallest absolute Gasteiger partial charge is 0.400 e. The van der Waals surface area contributed by atoms with E-state index in [9.17, 15) is 0 Å². The van der Waals surface area contributed by atoms with Crippen LogP contribution >= 0.6 is 0 Å². The molecule has 0 spiro atoms. The molecule has 0 aromatic heterocycles. The van der Waals surface area contributed by atoms with E-state index in [2.05, 4.69) is 82.3 Å². The Hall–Kier alpha value is -1.92. The molecule has 2 aromatic rings. The molecule has 0 atom stereocenters. The molecule has 0 unspecified atom stereocenters. The molecule has 2 aromatic carbocycles. The van der Waals surface area contributed by atoms with Crippen molar-refractivity contribution in [2.24, 2.45) is 5.41 Å². The maximum absolute atomic E-state index is 6.30. The molecule has 0 saturated carbocycles. The summed E-state index contributed by atoms with van der Waals surface area (Å²) in [5.41, 5.74) is 2.96. The van der Waals surface area contributed by atoms with Gasteiger partial charge in [-0.2, -0.15) is 0 Å². The lowest BCUT2D eigenvalue weighted by Crippen LogP contribution is -2.41. The van der Waals surface area contributed by atoms with Crippen molar-refractivity contribution in [2.75, 3.05) is 13.2 Å². The fourth-order valence-electron chi connectivity index (χ4n) is 4.39. The summed E-state index contributed by atoms with van der Waals surface area (Å²) in [6, 6.07) is 20.7. The van der Waals surface area contributed by atoms with Crippen LogP contribution in [0.4, 0.5) is 0 Å². The van der Waals surface area contributed by atoms with Crippen LogP contribution in [0.3, 0.4) is 0 Å². The largest absolute Gasteiger partial charge is 0.490 e. The molecule has 0 N–H and O–H groups in total. The van der Waals surface area contributed by atoms with Gasteiger partial charge < -0.3 is 18.8 Å². The molecule has 0 radical (unpaired) electrons. The van der Waals surface area contributed by atoms with Gasteiger partial charge in [-0.25, -0.2) is 0 Å². The number of rotatable bonds is 9. The quantitative estimate of drug-likeness (QED) is 0.432. The van der Waals surface area contributed by atoms with Gasteiger partial charge in [0.25, 0.3) is 0 Å². The molecule has 176 valence electrons. The second kappa shape index (κ2) is 10.1. The fraction of sp³-hybridized carbons (Fsp3) is 0.500. The minimum absolute atomic E-state index is 0.0449. The van der Waals surface area contributed by atoms with Gasteiger partial charge in [-0.15, -0.1) is 0 Å². The highest BCUT2D eigenvalue weighted by Crippen LogP contribution is 2.43. The Balaban J connectivity index is 1.40. The Labute approximate surface area is 199 Å². The lowest BCUT2D eigenvalue weighted by atomic mass is 9.66. The Morgan fingerprint density at radius 1 is 0.758 bits per heavy atom. The number of ether oxygens (including phenoxy) is 2. The summed E-state index contributed by atoms with van der Waals surface area (Å²) in [7, 11) is -0.261. The van der Waals surface area contributed by atoms with Crippen LogP contribution in [0.25, 0.3) is 0 Å². The summed E-state index contributed by atoms with van der Waals surface area (Å²) in [4.78, 5) is 0. The average Bonchev–Trinajstić information content (AvgIpc) is 3.02. The molecule has 33 heavy (non-hydrogen) atoms. The topological polar surface area (TPSA) is 36.9 Å². The number of hydrogen-bond donors (Lipinski definition) is 0. The first kappa shape index (κ1) is 24.2. The van der Waals surface area contributed by atoms with E-state index in [1.807, 2.05) is 12.1 Å². The van der Waals surface area contributed by atoms with E-state index >= 15 is 0 Å². The van der Waals surface area contributed by atoms with Gasteiger partial charge >= 0.3 is 7.12 Å². The summed E-state index contributed by atoms with van der Waals surface area (Å²) in [5, 5.41) is 0. The van der Waals surface area contributed by atoms with E-state index in [-0.39, 0.29) is 23.7 Å². The maximum Gasteiger partial charge on any atom is 0.490 e. The maximum atomic E-state index is 6.30. The third-order valence-electron chi connectivity index (χ3n) is 7.34. The molecule has 1 aliphatic heterocycles. The van der Waals surface area contributed by atoms with Crippen LogP contribution in [0.1, 0.15) is 58.1 Å². The first-order chi connectivity index (χ1) is 15.8. The third-order valence-corrected chi connectivity index (χ3v) is 7.34. The van der Waals surface area contributed by atoms with Crippen LogP contribution in [0, 0.1) is 5.41 Å². The van der Waals surface area contributed by atoms with Gasteiger partial charge in [-0.05, 0) is 63.6 Å². The highest BCUT2D eigenvalue weighted by molar-refractivity contribution is 6.54. The zero-order valence-corrected chi connectivity index (χ0v) is 20.5. The van der Waals surface area contributed by atoms with Crippen LogP contribution in [-0.4, -0.2) is 31.5 Å². The molecular weight excluding hydrogens is 411 g/mol. The fourth-order valence-corrected chi connectivity index (χ4v) is 4.39. The minimum Gasteiger partial charge on any atom is -0.400 e. The summed E-state index contributed by atoms with van der Waals surface area (Å²) >= 11 is 0. The Morgan fingerprint density at radius 2 is 1.24 bits per heavy atom. The lowest BCUT2D eigenvalue weighted by molar-refractivity contribution is -0.0381. The normalized spacial score (nSPS) is 21.1. The molecule has 2 aliphatic rings. The first-order valence-electron chi connectivity index (χ1n) is 12.1. The van der Waals surface area contributed by atoms with Crippen molar-refractivity contribution in [2.45, 2.75) is 71.4 Å². The summed E-state index contributed by atoms with van der Waals surface area (Å²) in [6.45, 7) is 11.0. The predicted octanol–water partition coefficient (Wildman–Crippen LogP) is 6.15. The second-order valence-corrected chi connectivity index (χ2v) is 10.5. The highest BCUT2D eigenvalue weighted by Gasteiger charge is 2.53. The van der Waals surface area contributed by atoms with E-state index < -0.39 is 0 Å². The van der Waals surface area contributed by atoms with E-state index in [0.717, 1.165) is 19.3 Å². The molecular formula is C28H37BO4. The second-order valence-electron chi connectivity index (χ2n) is 10.5. The molecule has 0 bridgehead atoms. The molecule has 5 heteroatoms. The number of hydrogen-bond acceptors (Lipinski definition) is 4. The molecule has 0 amide bonds. The standard InChI is InChI=1S/C28H37BO4/c1-26(2)27(3,4)33-29(32-26)25-15-17-28(18-16-25,21-30-19-23-11-7-5-8-12-23)22-31-20-24-13-9-6-10-14-24/h5-15H,16-22H2,1-4H3. The summed E-state index contributed by atoms with van der Waals surface area (Å²) in [5.74, 6) is 0. The molecule has 1 aliphatic carbocycles. The molecule has 1 saturated heterocycles. The number of allylic oxidation sites excluding steroid dienone is 2. The van der Waals surface area contributed by atoms with Gasteiger partial charge in [0.15, 0.2) is 0 Å². The van der Waals surface area contributed by atoms with Crippen molar-refractivity contribution in [3.05, 3.63) is 83.3 Å². The summed E-state index contributed by atoms with van der Waals surface area (Å²) in [6.07, 6.45) is 5.13. The number of benzene rings is 2. The van der Waals surface area contributed by atoms with Crippen molar-refractivity contribution >= 4 is 7.12 Å². The van der Waals surface area contributed by atoms with Crippen LogP contribution in [-0.2, 0) is 32.0 Å². The molecule has 1 heterocycles. The van der Waals surface area contributed by atoms with E-state index in [4.69, 9.17) is 18.8 Å². The first-order valence-corrected chi connectivity index (χ1v) is 12.1. The van der Waals surface area contributed by atoms with Gasteiger partial charge in [0.1, 0.15) is 0 Å². The van der Waals surface area contributed by atoms with E-state index in [1.54, 1.807) is 0 Å². The van der Waals surface area contributed by atoms with E-state index in [1.165, 1.54) is 16.6 Å². The van der Waals surface area contributed by atoms with Crippen molar-refractivity contribution in [1.29, 1.82) is 0 Å². The van der Waals surface area contributed by atoms with Crippen LogP contribution < -0.4 is 0 Å². The van der Waals surface area contributed by atoms with Crippen LogP contribution in [0.5, 0.6) is 0 Å². The van der Waals surface area contributed by atoms with Crippen molar-refractivity contribution < 1.29 is 18.8 Å². The van der Waals surface area contributed by atoms with Crippen molar-refractivity contribution in [1.82, 2.24) is 0 Å². The van der Waals surface area contributed by atoms with Gasteiger partial charge in [-0.3, -0.25) is 0 Å². The highest BCUT2D eigenvalue weighted by atomic mass is 16.7. The van der Waals surface area contributed by atoms with Crippen LogP contribution in [0.15, 0.2) is 72.2 Å². The minimum atomic E-state index is -0.315. The Kier molecular flexibility index (Phi) is 7.45. The van der Waals surface area contributed by atoms with Gasteiger partial charge in [0, 0.05) is 5.41 Å². The van der Waals surface area contributed by atoms with Gasteiger partial charge in [0.05, 0.1) is 37.6 Å². The Morgan fingerprint density at radius 3 is 1.67 bits per heavy atom. The molecule has 1 fully saturated rings. The summed E-state index contributed by atoms with van der Waals surface area (Å²) < 4.78 is 25.0. The zero-order valence-electron chi connectivity index (χ0n) is 20.5.